The lowest BCUT2D eigenvalue weighted by molar-refractivity contribution is -0.332. The average molecular weight is 963 g/mol. The summed E-state index contributed by atoms with van der Waals surface area (Å²) >= 11 is 0. The van der Waals surface area contributed by atoms with Crippen molar-refractivity contribution < 1.29 is 69.0 Å². The first-order valence-electron chi connectivity index (χ1n) is 27.6. The maximum absolute atomic E-state index is 13.0. The van der Waals surface area contributed by atoms with E-state index in [9.17, 15) is 40.5 Å². The first-order valence-corrected chi connectivity index (χ1v) is 27.6. The van der Waals surface area contributed by atoms with Gasteiger partial charge in [-0.1, -0.05) is 213 Å². The molecule has 11 atom stereocenters. The van der Waals surface area contributed by atoms with Crippen LogP contribution in [0.5, 0.6) is 0 Å². The highest BCUT2D eigenvalue weighted by atomic mass is 16.7. The van der Waals surface area contributed by atoms with E-state index in [4.69, 9.17) is 28.4 Å². The molecule has 2 aliphatic heterocycles. The van der Waals surface area contributed by atoms with E-state index in [0.717, 1.165) is 44.9 Å². The number of aliphatic hydroxyl groups is 7. The van der Waals surface area contributed by atoms with Crippen molar-refractivity contribution in [2.75, 3.05) is 33.0 Å². The molecule has 14 nitrogen and oxygen atoms in total. The molecule has 2 saturated heterocycles. The lowest BCUT2D eigenvalue weighted by atomic mass is 9.98. The normalized spacial score (nSPS) is 26.0. The zero-order valence-electron chi connectivity index (χ0n) is 42.4. The molecule has 7 N–H and O–H groups in total. The quantitative estimate of drug-likeness (QED) is 0.0224. The van der Waals surface area contributed by atoms with E-state index in [0.29, 0.717) is 6.61 Å². The lowest BCUT2D eigenvalue weighted by Gasteiger charge is -2.42. The summed E-state index contributed by atoms with van der Waals surface area (Å²) in [6, 6.07) is 0. The van der Waals surface area contributed by atoms with Crippen molar-refractivity contribution in [2.45, 2.75) is 300 Å². The maximum Gasteiger partial charge on any atom is 0.306 e. The summed E-state index contributed by atoms with van der Waals surface area (Å²) in [5.41, 5.74) is 0. The fourth-order valence-electron chi connectivity index (χ4n) is 9.11. The van der Waals surface area contributed by atoms with Crippen molar-refractivity contribution in [3.63, 3.8) is 0 Å². The average Bonchev–Trinajstić information content (AvgIpc) is 3.32. The van der Waals surface area contributed by atoms with Gasteiger partial charge < -0.3 is 64.2 Å². The molecule has 0 bridgehead atoms. The molecule has 0 aromatic heterocycles. The summed E-state index contributed by atoms with van der Waals surface area (Å²) in [7, 11) is 0. The number of hydrogen-bond acceptors (Lipinski definition) is 14. The highest BCUT2D eigenvalue weighted by Crippen LogP contribution is 2.27. The summed E-state index contributed by atoms with van der Waals surface area (Å²) in [6.45, 7) is 3.75. The minimum atomic E-state index is -1.70. The Morgan fingerprint density at radius 3 is 1.21 bits per heavy atom. The predicted molar refractivity (Wildman–Crippen MR) is 261 cm³/mol. The zero-order chi connectivity index (χ0) is 48.7. The smallest absolute Gasteiger partial charge is 0.306 e. The van der Waals surface area contributed by atoms with Crippen LogP contribution in [0.1, 0.15) is 232 Å². The van der Waals surface area contributed by atoms with E-state index in [1.165, 1.54) is 167 Å². The molecule has 398 valence electrons. The summed E-state index contributed by atoms with van der Waals surface area (Å²) < 4.78 is 34.3. The van der Waals surface area contributed by atoms with Gasteiger partial charge in [0.1, 0.15) is 54.9 Å². The Labute approximate surface area is 406 Å². The molecule has 14 heteroatoms. The number of hydrogen-bond donors (Lipinski definition) is 7. The Bertz CT molecular complexity index is 1120. The number of carbonyl (C=O) groups excluding carboxylic acids is 1. The fraction of sp³-hybridized carbons (Fsp3) is 0.981. The van der Waals surface area contributed by atoms with Crippen LogP contribution in [0, 0.1) is 0 Å². The molecule has 67 heavy (non-hydrogen) atoms. The Hall–Kier alpha value is -1.01. The third-order valence-electron chi connectivity index (χ3n) is 13.6. The van der Waals surface area contributed by atoms with Crippen LogP contribution in [-0.4, -0.2) is 142 Å². The van der Waals surface area contributed by atoms with Crippen molar-refractivity contribution in [2.24, 2.45) is 0 Å². The molecule has 2 heterocycles. The number of ether oxygens (including phenoxy) is 6. The molecular weight excluding hydrogens is 861 g/mol. The highest BCUT2D eigenvalue weighted by molar-refractivity contribution is 5.69. The third-order valence-corrected chi connectivity index (χ3v) is 13.6. The summed E-state index contributed by atoms with van der Waals surface area (Å²) in [4.78, 5) is 13.0. The Morgan fingerprint density at radius 1 is 0.433 bits per heavy atom. The highest BCUT2D eigenvalue weighted by Gasteiger charge is 2.47. The van der Waals surface area contributed by atoms with E-state index in [2.05, 4.69) is 13.8 Å². The largest absolute Gasteiger partial charge is 0.457 e. The monoisotopic (exact) mass is 963 g/mol. The second kappa shape index (κ2) is 41.6. The molecular formula is C53H102O14. The summed E-state index contributed by atoms with van der Waals surface area (Å²) in [6.07, 6.45) is 25.9. The number of unbranched alkanes of at least 4 members (excludes halogenated alkanes) is 31. The second-order valence-electron chi connectivity index (χ2n) is 19.8. The van der Waals surface area contributed by atoms with Crippen LogP contribution in [0.3, 0.4) is 0 Å². The Kier molecular flexibility index (Phi) is 38.6. The van der Waals surface area contributed by atoms with Gasteiger partial charge in [-0.3, -0.25) is 4.79 Å². The van der Waals surface area contributed by atoms with Gasteiger partial charge >= 0.3 is 5.97 Å². The number of rotatable bonds is 45. The van der Waals surface area contributed by atoms with E-state index in [1.807, 2.05) is 0 Å². The third kappa shape index (κ3) is 29.2. The van der Waals surface area contributed by atoms with Gasteiger partial charge in [-0.25, -0.2) is 0 Å². The van der Waals surface area contributed by atoms with Gasteiger partial charge in [0.25, 0.3) is 0 Å². The first kappa shape index (κ1) is 62.1. The molecule has 0 aromatic carbocycles. The molecule has 0 spiro atoms. The van der Waals surface area contributed by atoms with E-state index in [1.54, 1.807) is 0 Å². The van der Waals surface area contributed by atoms with Gasteiger partial charge in [0, 0.05) is 13.0 Å². The van der Waals surface area contributed by atoms with Crippen LogP contribution < -0.4 is 0 Å². The standard InChI is InChI=1S/C53H102O14/c1-3-5-7-9-11-13-15-17-19-20-21-22-23-24-26-28-30-32-34-36-45(55)65-42(39-62-37-35-33-31-29-27-25-18-16-14-12-10-8-6-4-2)40-63-52-51(61)49(59)47(57)44(67-52)41-64-53-50(60)48(58)46(56)43(38-54)66-53/h42-44,46-54,56-61H,3-41H2,1-2H3. The van der Waals surface area contributed by atoms with E-state index < -0.39 is 80.7 Å². The van der Waals surface area contributed by atoms with Gasteiger partial charge in [0.05, 0.1) is 26.4 Å². The minimum absolute atomic E-state index is 0.0705. The van der Waals surface area contributed by atoms with Crippen LogP contribution in [0.4, 0.5) is 0 Å². The second-order valence-corrected chi connectivity index (χ2v) is 19.8. The van der Waals surface area contributed by atoms with Gasteiger partial charge in [-0.05, 0) is 12.8 Å². The van der Waals surface area contributed by atoms with Crippen molar-refractivity contribution >= 4 is 5.97 Å². The number of carbonyl (C=O) groups is 1. The number of esters is 1. The molecule has 0 saturated carbocycles. The van der Waals surface area contributed by atoms with Crippen LogP contribution in [-0.2, 0) is 33.2 Å². The minimum Gasteiger partial charge on any atom is -0.457 e. The Morgan fingerprint density at radius 2 is 0.791 bits per heavy atom. The first-order chi connectivity index (χ1) is 32.6. The van der Waals surface area contributed by atoms with Crippen molar-refractivity contribution in [3.8, 4) is 0 Å². The van der Waals surface area contributed by atoms with Crippen LogP contribution in [0.2, 0.25) is 0 Å². The van der Waals surface area contributed by atoms with Crippen molar-refractivity contribution in [1.29, 1.82) is 0 Å². The SMILES string of the molecule is CCCCCCCCCCCCCCCCCCCCCC(=O)OC(COCCCCCCCCCCCCCCCC)COC1OC(COC2OC(CO)C(O)C(O)C2O)C(O)C(O)C1O. The zero-order valence-corrected chi connectivity index (χ0v) is 42.4. The summed E-state index contributed by atoms with van der Waals surface area (Å²) in [5, 5.41) is 72.2. The van der Waals surface area contributed by atoms with Crippen LogP contribution >= 0.6 is 0 Å². The molecule has 0 amide bonds. The molecule has 0 aromatic rings. The molecule has 2 fully saturated rings. The van der Waals surface area contributed by atoms with Crippen LogP contribution in [0.25, 0.3) is 0 Å². The molecule has 2 rings (SSSR count). The van der Waals surface area contributed by atoms with Gasteiger partial charge in [0.2, 0.25) is 0 Å². The lowest BCUT2D eigenvalue weighted by Crippen LogP contribution is -2.61. The van der Waals surface area contributed by atoms with Crippen LogP contribution in [0.15, 0.2) is 0 Å². The van der Waals surface area contributed by atoms with Crippen molar-refractivity contribution in [1.82, 2.24) is 0 Å². The van der Waals surface area contributed by atoms with Gasteiger partial charge in [-0.2, -0.15) is 0 Å². The molecule has 2 aliphatic rings. The topological polar surface area (TPSA) is 214 Å². The van der Waals surface area contributed by atoms with Crippen molar-refractivity contribution in [3.05, 3.63) is 0 Å². The fourth-order valence-corrected chi connectivity index (χ4v) is 9.11. The van der Waals surface area contributed by atoms with E-state index >= 15 is 0 Å². The predicted octanol–water partition coefficient (Wildman–Crippen LogP) is 8.86. The van der Waals surface area contributed by atoms with Gasteiger partial charge in [-0.15, -0.1) is 0 Å². The number of aliphatic hydroxyl groups excluding tert-OH is 7. The summed E-state index contributed by atoms with van der Waals surface area (Å²) in [5.74, 6) is -0.368. The maximum atomic E-state index is 13.0. The van der Waals surface area contributed by atoms with E-state index in [-0.39, 0.29) is 25.6 Å². The Balaban J connectivity index is 1.72. The molecule has 0 aliphatic carbocycles. The molecule has 11 unspecified atom stereocenters. The van der Waals surface area contributed by atoms with Gasteiger partial charge in [0.15, 0.2) is 12.6 Å². The molecule has 0 radical (unpaired) electrons.